The van der Waals surface area contributed by atoms with E-state index in [4.69, 9.17) is 27.9 Å². The highest BCUT2D eigenvalue weighted by atomic mass is 35.5. The Bertz CT molecular complexity index is 1460. The number of halogens is 2. The smallest absolute Gasteiger partial charge is 0.264 e. The maximum atomic E-state index is 14.1. The van der Waals surface area contributed by atoms with Gasteiger partial charge in [-0.2, -0.15) is 0 Å². The highest BCUT2D eigenvalue weighted by Crippen LogP contribution is 2.33. The second kappa shape index (κ2) is 13.6. The van der Waals surface area contributed by atoms with Gasteiger partial charge in [0.1, 0.15) is 18.3 Å². The molecule has 2 amide bonds. The Balaban J connectivity index is 1.70. The van der Waals surface area contributed by atoms with Gasteiger partial charge >= 0.3 is 0 Å². The largest absolute Gasteiger partial charge is 0.497 e. The van der Waals surface area contributed by atoms with Crippen molar-refractivity contribution in [1.29, 1.82) is 0 Å². The Kier molecular flexibility index (Phi) is 10.2. The van der Waals surface area contributed by atoms with Crippen LogP contribution in [0, 0.1) is 0 Å². The van der Waals surface area contributed by atoms with E-state index in [-0.39, 0.29) is 39.1 Å². The van der Waals surface area contributed by atoms with E-state index in [0.717, 1.165) is 35.6 Å². The van der Waals surface area contributed by atoms with Crippen molar-refractivity contribution in [3.63, 3.8) is 0 Å². The fraction of sp³-hybridized carbons (Fsp3) is 0.333. The molecule has 8 nitrogen and oxygen atoms in total. The molecule has 1 aliphatic rings. The van der Waals surface area contributed by atoms with Gasteiger partial charge in [0.25, 0.3) is 10.0 Å². The molecule has 0 aliphatic heterocycles. The number of benzene rings is 3. The van der Waals surface area contributed by atoms with Crippen molar-refractivity contribution in [3.05, 3.63) is 88.4 Å². The van der Waals surface area contributed by atoms with E-state index in [1.807, 2.05) is 0 Å². The fourth-order valence-electron chi connectivity index (χ4n) is 4.81. The van der Waals surface area contributed by atoms with Crippen LogP contribution in [-0.4, -0.2) is 50.9 Å². The Hall–Kier alpha value is -3.27. The van der Waals surface area contributed by atoms with Gasteiger partial charge in [-0.3, -0.25) is 13.9 Å². The Morgan fingerprint density at radius 3 is 2.29 bits per heavy atom. The second-order valence-electron chi connectivity index (χ2n) is 9.96. The molecule has 1 saturated carbocycles. The van der Waals surface area contributed by atoms with Gasteiger partial charge in [0, 0.05) is 17.6 Å². The summed E-state index contributed by atoms with van der Waals surface area (Å²) in [6.07, 6.45) is 3.86. The number of nitrogens with zero attached hydrogens (tertiary/aromatic N) is 2. The normalized spacial score (nSPS) is 14.3. The third-order valence-electron chi connectivity index (χ3n) is 7.17. The Morgan fingerprint density at radius 2 is 1.66 bits per heavy atom. The molecule has 1 aliphatic carbocycles. The quantitative estimate of drug-likeness (QED) is 0.299. The molecule has 218 valence electrons. The van der Waals surface area contributed by atoms with Gasteiger partial charge in [0.05, 0.1) is 22.7 Å². The fourth-order valence-corrected chi connectivity index (χ4v) is 6.69. The van der Waals surface area contributed by atoms with Crippen molar-refractivity contribution in [2.75, 3.05) is 18.0 Å². The van der Waals surface area contributed by atoms with E-state index in [1.54, 1.807) is 56.5 Å². The number of amides is 2. The maximum absolute atomic E-state index is 14.1. The predicted octanol–water partition coefficient (Wildman–Crippen LogP) is 5.67. The lowest BCUT2D eigenvalue weighted by molar-refractivity contribution is -0.139. The minimum atomic E-state index is -4.24. The molecule has 0 bridgehead atoms. The van der Waals surface area contributed by atoms with E-state index in [9.17, 15) is 18.0 Å². The molecular formula is C30H33Cl2N3O5S. The lowest BCUT2D eigenvalue weighted by Crippen LogP contribution is -2.52. The number of carbonyl (C=O) groups is 2. The summed E-state index contributed by atoms with van der Waals surface area (Å²) in [7, 11) is -2.68. The molecule has 1 atom stereocenters. The Labute approximate surface area is 251 Å². The van der Waals surface area contributed by atoms with Crippen LogP contribution in [0.2, 0.25) is 10.0 Å². The molecule has 0 saturated heterocycles. The summed E-state index contributed by atoms with van der Waals surface area (Å²) in [5.41, 5.74) is 0.807. The van der Waals surface area contributed by atoms with Crippen LogP contribution < -0.4 is 14.4 Å². The standard InChI is InChI=1S/C30H33Cl2N3O5S/c1-21(30(37)33-24-8-6-7-9-24)34(19-22-12-15-25(40-2)16-13-22)29(36)20-35(28-18-23(31)14-17-27(28)32)41(38,39)26-10-4-3-5-11-26/h3-5,10-18,21,24H,6-9,19-20H2,1-2H3,(H,33,37)/t21-/m0/s1. The number of nitrogens with one attached hydrogen (secondary N) is 1. The maximum Gasteiger partial charge on any atom is 0.264 e. The van der Waals surface area contributed by atoms with Crippen molar-refractivity contribution in [2.24, 2.45) is 0 Å². The number of methoxy groups -OCH3 is 1. The van der Waals surface area contributed by atoms with Gasteiger partial charge in [-0.1, -0.05) is 66.4 Å². The number of sulfonamides is 1. The topological polar surface area (TPSA) is 96.0 Å². The van der Waals surface area contributed by atoms with Gasteiger partial charge in [-0.15, -0.1) is 0 Å². The second-order valence-corrected chi connectivity index (χ2v) is 12.7. The van der Waals surface area contributed by atoms with Gasteiger partial charge in [-0.25, -0.2) is 8.42 Å². The lowest BCUT2D eigenvalue weighted by Gasteiger charge is -2.32. The molecule has 41 heavy (non-hydrogen) atoms. The molecule has 0 aromatic heterocycles. The van der Waals surface area contributed by atoms with Crippen LogP contribution in [0.15, 0.2) is 77.7 Å². The monoisotopic (exact) mass is 617 g/mol. The van der Waals surface area contributed by atoms with E-state index >= 15 is 0 Å². The van der Waals surface area contributed by atoms with Crippen LogP contribution >= 0.6 is 23.2 Å². The van der Waals surface area contributed by atoms with Crippen LogP contribution in [-0.2, 0) is 26.2 Å². The van der Waals surface area contributed by atoms with E-state index in [1.165, 1.54) is 35.2 Å². The zero-order valence-electron chi connectivity index (χ0n) is 22.9. The average molecular weight is 619 g/mol. The number of carbonyl (C=O) groups excluding carboxylic acids is 2. The molecule has 1 N–H and O–H groups in total. The number of hydrogen-bond donors (Lipinski definition) is 1. The summed E-state index contributed by atoms with van der Waals surface area (Å²) in [5, 5.41) is 3.41. The van der Waals surface area contributed by atoms with Gasteiger partial charge in [0.2, 0.25) is 11.8 Å². The van der Waals surface area contributed by atoms with E-state index in [2.05, 4.69) is 5.32 Å². The van der Waals surface area contributed by atoms with Crippen molar-refractivity contribution >= 4 is 50.7 Å². The lowest BCUT2D eigenvalue weighted by atomic mass is 10.1. The van der Waals surface area contributed by atoms with Gasteiger partial charge < -0.3 is 15.0 Å². The van der Waals surface area contributed by atoms with Gasteiger partial charge in [-0.05, 0) is 67.8 Å². The summed E-state index contributed by atoms with van der Waals surface area (Å²) in [4.78, 5) is 28.7. The molecule has 4 rings (SSSR count). The van der Waals surface area contributed by atoms with Crippen molar-refractivity contribution in [1.82, 2.24) is 10.2 Å². The molecule has 0 radical (unpaired) electrons. The minimum absolute atomic E-state index is 0.0161. The SMILES string of the molecule is COc1ccc(CN(C(=O)CN(c2cc(Cl)ccc2Cl)S(=O)(=O)c2ccccc2)[C@@H](C)C(=O)NC2CCCC2)cc1. The van der Waals surface area contributed by atoms with E-state index < -0.39 is 28.5 Å². The molecule has 3 aromatic rings. The van der Waals surface area contributed by atoms with Crippen molar-refractivity contribution in [2.45, 2.75) is 56.1 Å². The first kappa shape index (κ1) is 30.7. The van der Waals surface area contributed by atoms with Crippen LogP contribution in [0.1, 0.15) is 38.2 Å². The molecule has 1 fully saturated rings. The summed E-state index contributed by atoms with van der Waals surface area (Å²) in [5.74, 6) is -0.225. The molecular weight excluding hydrogens is 585 g/mol. The summed E-state index contributed by atoms with van der Waals surface area (Å²) in [6, 6.07) is 18.5. The van der Waals surface area contributed by atoms with Crippen LogP contribution in [0.25, 0.3) is 0 Å². The highest BCUT2D eigenvalue weighted by molar-refractivity contribution is 7.92. The van der Waals surface area contributed by atoms with Crippen molar-refractivity contribution < 1.29 is 22.7 Å². The van der Waals surface area contributed by atoms with Crippen molar-refractivity contribution in [3.8, 4) is 5.75 Å². The first-order valence-corrected chi connectivity index (χ1v) is 15.6. The van der Waals surface area contributed by atoms with Crippen LogP contribution in [0.4, 0.5) is 5.69 Å². The number of ether oxygens (including phenoxy) is 1. The highest BCUT2D eigenvalue weighted by Gasteiger charge is 2.34. The first-order chi connectivity index (χ1) is 19.6. The summed E-state index contributed by atoms with van der Waals surface area (Å²) >= 11 is 12.7. The van der Waals surface area contributed by atoms with Gasteiger partial charge in [0.15, 0.2) is 0 Å². The summed E-state index contributed by atoms with van der Waals surface area (Å²) < 4.78 is 33.9. The van der Waals surface area contributed by atoms with Crippen LogP contribution in [0.5, 0.6) is 5.75 Å². The molecule has 0 heterocycles. The number of anilines is 1. The molecule has 3 aromatic carbocycles. The summed E-state index contributed by atoms with van der Waals surface area (Å²) in [6.45, 7) is 1.12. The third-order valence-corrected chi connectivity index (χ3v) is 9.50. The predicted molar refractivity (Wildman–Crippen MR) is 161 cm³/mol. The first-order valence-electron chi connectivity index (χ1n) is 13.4. The average Bonchev–Trinajstić information content (AvgIpc) is 3.49. The van der Waals surface area contributed by atoms with Crippen LogP contribution in [0.3, 0.4) is 0 Å². The molecule has 0 unspecified atom stereocenters. The molecule has 0 spiro atoms. The third kappa shape index (κ3) is 7.52. The zero-order chi connectivity index (χ0) is 29.6. The zero-order valence-corrected chi connectivity index (χ0v) is 25.3. The minimum Gasteiger partial charge on any atom is -0.497 e. The van der Waals surface area contributed by atoms with E-state index in [0.29, 0.717) is 5.75 Å². The number of rotatable bonds is 11. The Morgan fingerprint density at radius 1 is 1.00 bits per heavy atom. The number of hydrogen-bond acceptors (Lipinski definition) is 5. The molecule has 11 heteroatoms.